The Morgan fingerprint density at radius 1 is 1.57 bits per heavy atom. The standard InChI is InChI=1S/C12H18N2O6S/c1-8-10(21(13,16)17)5-9(20-8)11(15)14-6-12(18-2)3-4-19-7-12/h5H,3-4,6-7H2,1-2H3,(H,14,15)(H2,13,16,17). The minimum Gasteiger partial charge on any atom is -0.455 e. The van der Waals surface area contributed by atoms with Gasteiger partial charge in [-0.05, 0) is 6.92 Å². The molecule has 1 fully saturated rings. The van der Waals surface area contributed by atoms with Gasteiger partial charge in [-0.2, -0.15) is 0 Å². The third-order valence-electron chi connectivity index (χ3n) is 3.47. The molecule has 3 N–H and O–H groups in total. The number of carbonyl (C=O) groups is 1. The van der Waals surface area contributed by atoms with Gasteiger partial charge in [-0.3, -0.25) is 4.79 Å². The first kappa shape index (κ1) is 16.0. The SMILES string of the molecule is COC1(CNC(=O)c2cc(S(N)(=O)=O)c(C)o2)CCOC1. The summed E-state index contributed by atoms with van der Waals surface area (Å²) in [6, 6.07) is 1.12. The van der Waals surface area contributed by atoms with Crippen LogP contribution in [0.3, 0.4) is 0 Å². The Hall–Kier alpha value is -1.42. The van der Waals surface area contributed by atoms with E-state index in [2.05, 4.69) is 5.32 Å². The Labute approximate surface area is 122 Å². The van der Waals surface area contributed by atoms with E-state index in [4.69, 9.17) is 19.0 Å². The van der Waals surface area contributed by atoms with E-state index in [-0.39, 0.29) is 23.0 Å². The molecule has 1 unspecified atom stereocenters. The second-order valence-electron chi connectivity index (χ2n) is 4.95. The maximum atomic E-state index is 12.0. The largest absolute Gasteiger partial charge is 0.455 e. The highest BCUT2D eigenvalue weighted by atomic mass is 32.2. The van der Waals surface area contributed by atoms with Gasteiger partial charge < -0.3 is 19.2 Å². The van der Waals surface area contributed by atoms with E-state index in [9.17, 15) is 13.2 Å². The zero-order valence-corrected chi connectivity index (χ0v) is 12.7. The van der Waals surface area contributed by atoms with Crippen molar-refractivity contribution in [2.24, 2.45) is 5.14 Å². The smallest absolute Gasteiger partial charge is 0.287 e. The first-order chi connectivity index (χ1) is 9.77. The Balaban J connectivity index is 2.07. The van der Waals surface area contributed by atoms with Gasteiger partial charge in [0.15, 0.2) is 5.76 Å². The predicted octanol–water partition coefficient (Wildman–Crippen LogP) is -0.229. The first-order valence-electron chi connectivity index (χ1n) is 6.32. The molecule has 1 aliphatic rings. The van der Waals surface area contributed by atoms with Crippen molar-refractivity contribution in [1.82, 2.24) is 5.32 Å². The summed E-state index contributed by atoms with van der Waals surface area (Å²) in [4.78, 5) is 11.8. The summed E-state index contributed by atoms with van der Waals surface area (Å²) in [5.74, 6) is -0.564. The lowest BCUT2D eigenvalue weighted by atomic mass is 10.0. The number of amides is 1. The number of nitrogens with one attached hydrogen (secondary N) is 1. The molecule has 0 radical (unpaired) electrons. The summed E-state index contributed by atoms with van der Waals surface area (Å²) < 4.78 is 38.4. The normalized spacial score (nSPS) is 22.4. The highest BCUT2D eigenvalue weighted by Crippen LogP contribution is 2.22. The third-order valence-corrected chi connectivity index (χ3v) is 4.49. The fourth-order valence-electron chi connectivity index (χ4n) is 2.15. The van der Waals surface area contributed by atoms with Crippen molar-refractivity contribution in [3.8, 4) is 0 Å². The molecule has 2 heterocycles. The minimum atomic E-state index is -3.91. The van der Waals surface area contributed by atoms with Crippen LogP contribution in [0.2, 0.25) is 0 Å². The van der Waals surface area contributed by atoms with Gasteiger partial charge in [0.05, 0.1) is 6.61 Å². The molecule has 1 aromatic rings. The van der Waals surface area contributed by atoms with Gasteiger partial charge in [-0.1, -0.05) is 0 Å². The fraction of sp³-hybridized carbons (Fsp3) is 0.583. The molecule has 0 aliphatic carbocycles. The summed E-state index contributed by atoms with van der Waals surface area (Å²) in [5, 5.41) is 7.68. The lowest BCUT2D eigenvalue weighted by Gasteiger charge is -2.25. The number of methoxy groups -OCH3 is 1. The van der Waals surface area contributed by atoms with Crippen molar-refractivity contribution < 1.29 is 27.1 Å². The summed E-state index contributed by atoms with van der Waals surface area (Å²) in [6.07, 6.45) is 0.670. The molecule has 0 spiro atoms. The molecule has 9 heteroatoms. The molecule has 118 valence electrons. The van der Waals surface area contributed by atoms with Gasteiger partial charge in [0.25, 0.3) is 5.91 Å². The zero-order chi connectivity index (χ0) is 15.7. The van der Waals surface area contributed by atoms with Gasteiger partial charge in [0.2, 0.25) is 10.0 Å². The van der Waals surface area contributed by atoms with E-state index < -0.39 is 21.5 Å². The van der Waals surface area contributed by atoms with Crippen LogP contribution in [0.4, 0.5) is 0 Å². The number of primary sulfonamides is 1. The molecule has 1 amide bonds. The summed E-state index contributed by atoms with van der Waals surface area (Å²) in [7, 11) is -2.36. The first-order valence-corrected chi connectivity index (χ1v) is 7.86. The topological polar surface area (TPSA) is 121 Å². The van der Waals surface area contributed by atoms with Crippen molar-refractivity contribution >= 4 is 15.9 Å². The quantitative estimate of drug-likeness (QED) is 0.773. The molecular weight excluding hydrogens is 300 g/mol. The molecule has 8 nitrogen and oxygen atoms in total. The molecule has 2 rings (SSSR count). The third kappa shape index (κ3) is 3.43. The average molecular weight is 318 g/mol. The predicted molar refractivity (Wildman–Crippen MR) is 72.3 cm³/mol. The van der Waals surface area contributed by atoms with Gasteiger partial charge in [0, 0.05) is 32.7 Å². The molecule has 0 aromatic carbocycles. The number of hydrogen-bond acceptors (Lipinski definition) is 6. The van der Waals surface area contributed by atoms with Crippen LogP contribution < -0.4 is 10.5 Å². The summed E-state index contributed by atoms with van der Waals surface area (Å²) in [5.41, 5.74) is -0.555. The molecule has 1 aliphatic heterocycles. The Morgan fingerprint density at radius 2 is 2.29 bits per heavy atom. The summed E-state index contributed by atoms with van der Waals surface area (Å²) >= 11 is 0. The number of hydrogen-bond donors (Lipinski definition) is 2. The number of nitrogens with two attached hydrogens (primary N) is 1. The van der Waals surface area contributed by atoms with Crippen LogP contribution in [-0.4, -0.2) is 46.8 Å². The highest BCUT2D eigenvalue weighted by molar-refractivity contribution is 7.89. The van der Waals surface area contributed by atoms with Crippen LogP contribution in [0.25, 0.3) is 0 Å². The monoisotopic (exact) mass is 318 g/mol. The van der Waals surface area contributed by atoms with Crippen molar-refractivity contribution in [1.29, 1.82) is 0 Å². The minimum absolute atomic E-state index is 0.0771. The Bertz CT molecular complexity index is 630. The number of aryl methyl sites for hydroxylation is 1. The number of carbonyl (C=O) groups excluding carboxylic acids is 1. The van der Waals surface area contributed by atoms with Crippen LogP contribution >= 0.6 is 0 Å². The molecule has 1 aromatic heterocycles. The molecule has 21 heavy (non-hydrogen) atoms. The van der Waals surface area contributed by atoms with Crippen molar-refractivity contribution in [2.75, 3.05) is 26.9 Å². The van der Waals surface area contributed by atoms with Gasteiger partial charge in [-0.15, -0.1) is 0 Å². The van der Waals surface area contributed by atoms with Crippen LogP contribution in [0.5, 0.6) is 0 Å². The zero-order valence-electron chi connectivity index (χ0n) is 11.8. The number of ether oxygens (including phenoxy) is 2. The van der Waals surface area contributed by atoms with Gasteiger partial charge >= 0.3 is 0 Å². The van der Waals surface area contributed by atoms with Gasteiger partial charge in [-0.25, -0.2) is 13.6 Å². The fourth-order valence-corrected chi connectivity index (χ4v) is 2.86. The van der Waals surface area contributed by atoms with Crippen molar-refractivity contribution in [3.05, 3.63) is 17.6 Å². The van der Waals surface area contributed by atoms with Crippen LogP contribution in [0.1, 0.15) is 22.7 Å². The molecule has 1 atom stereocenters. The van der Waals surface area contributed by atoms with Crippen LogP contribution in [0.15, 0.2) is 15.4 Å². The van der Waals surface area contributed by atoms with Gasteiger partial charge in [0.1, 0.15) is 16.3 Å². The number of rotatable bonds is 5. The molecule has 0 bridgehead atoms. The van der Waals surface area contributed by atoms with E-state index in [0.717, 1.165) is 6.07 Å². The Kier molecular flexibility index (Phi) is 4.38. The maximum Gasteiger partial charge on any atom is 0.287 e. The van der Waals surface area contributed by atoms with Crippen LogP contribution in [-0.2, 0) is 19.5 Å². The molecule has 0 saturated carbocycles. The van der Waals surface area contributed by atoms with E-state index >= 15 is 0 Å². The van der Waals surface area contributed by atoms with E-state index in [1.54, 1.807) is 7.11 Å². The second-order valence-corrected chi connectivity index (χ2v) is 6.48. The van der Waals surface area contributed by atoms with Crippen molar-refractivity contribution in [3.63, 3.8) is 0 Å². The Morgan fingerprint density at radius 3 is 2.76 bits per heavy atom. The number of sulfonamides is 1. The summed E-state index contributed by atoms with van der Waals surface area (Å²) in [6.45, 7) is 2.63. The molecular formula is C12H18N2O6S. The van der Waals surface area contributed by atoms with Crippen molar-refractivity contribution in [2.45, 2.75) is 23.8 Å². The second kappa shape index (κ2) is 5.76. The molecule has 1 saturated heterocycles. The van der Waals surface area contributed by atoms with E-state index in [1.165, 1.54) is 6.92 Å². The maximum absolute atomic E-state index is 12.0. The highest BCUT2D eigenvalue weighted by Gasteiger charge is 2.35. The lowest BCUT2D eigenvalue weighted by Crippen LogP contribution is -2.44. The lowest BCUT2D eigenvalue weighted by molar-refractivity contribution is -0.0150. The average Bonchev–Trinajstić information content (AvgIpc) is 3.02. The van der Waals surface area contributed by atoms with E-state index in [0.29, 0.717) is 19.6 Å². The van der Waals surface area contributed by atoms with Crippen LogP contribution in [0, 0.1) is 6.92 Å². The number of furan rings is 1. The van der Waals surface area contributed by atoms with E-state index in [1.807, 2.05) is 0 Å².